The number of carbonyl (C=O) groups is 1. The maximum absolute atomic E-state index is 13.0. The second kappa shape index (κ2) is 23.2. The van der Waals surface area contributed by atoms with Crippen molar-refractivity contribution in [3.8, 4) is 0 Å². The minimum atomic E-state index is -0.748. The molecule has 0 radical (unpaired) electrons. The average molecular weight is 858 g/mol. The molecule has 0 aromatic carbocycles. The molecule has 0 aromatic heterocycles. The Morgan fingerprint density at radius 2 is 1.22 bits per heavy atom. The van der Waals surface area contributed by atoms with E-state index in [-0.39, 0.29) is 94.5 Å². The Morgan fingerprint density at radius 1 is 0.638 bits per heavy atom. The van der Waals surface area contributed by atoms with E-state index >= 15 is 0 Å². The van der Waals surface area contributed by atoms with Crippen molar-refractivity contribution >= 4 is 30.0 Å². The highest BCUT2D eigenvalue weighted by atomic mass is 32.2. The van der Waals surface area contributed by atoms with Gasteiger partial charge in [0.15, 0.2) is 0 Å². The number of fused-ring (bicyclic) bond motifs is 1. The summed E-state index contributed by atoms with van der Waals surface area (Å²) >= 11 is 2.12. The molecular formula is C39H67N7O10S2. The molecule has 19 heteroatoms. The van der Waals surface area contributed by atoms with E-state index in [0.29, 0.717) is 19.3 Å². The number of ether oxygens (including phenoxy) is 2. The zero-order chi connectivity index (χ0) is 41.0. The van der Waals surface area contributed by atoms with Crippen molar-refractivity contribution in [2.75, 3.05) is 14.2 Å². The molecule has 6 aliphatic carbocycles. The molecule has 14 unspecified atom stereocenters. The molecule has 0 saturated heterocycles. The lowest BCUT2D eigenvalue weighted by atomic mass is 9.66. The van der Waals surface area contributed by atoms with E-state index < -0.39 is 12.1 Å². The summed E-state index contributed by atoms with van der Waals surface area (Å²) in [6, 6.07) is -0.539. The Balaban J connectivity index is 1.01. The fraction of sp³-hybridized carbons (Fsp3) is 0.974. The van der Waals surface area contributed by atoms with Gasteiger partial charge in [-0.25, -0.2) is 10.5 Å². The summed E-state index contributed by atoms with van der Waals surface area (Å²) in [5, 5.41) is 69.2. The van der Waals surface area contributed by atoms with Gasteiger partial charge in [-0.3, -0.25) is 4.79 Å². The number of azo groups is 3. The minimum Gasteiger partial charge on any atom is -0.390 e. The molecule has 58 heavy (non-hydrogen) atoms. The maximum Gasteiger partial charge on any atom is 0.223 e. The predicted octanol–water partition coefficient (Wildman–Crippen LogP) is 8.14. The number of hydrogen-bond donors (Lipinski definition) is 4. The Kier molecular flexibility index (Phi) is 18.4. The molecule has 0 heterocycles. The van der Waals surface area contributed by atoms with Crippen molar-refractivity contribution < 1.29 is 48.6 Å². The van der Waals surface area contributed by atoms with Crippen LogP contribution >= 0.6 is 24.1 Å². The summed E-state index contributed by atoms with van der Waals surface area (Å²) in [7, 11) is 3.42. The molecule has 1 amide bonds. The lowest BCUT2D eigenvalue weighted by Crippen LogP contribution is -2.53. The number of nitrogens with one attached hydrogen (secondary N) is 1. The lowest BCUT2D eigenvalue weighted by molar-refractivity contribution is -0.432. The zero-order valence-electron chi connectivity index (χ0n) is 34.5. The molecule has 17 nitrogen and oxygen atoms in total. The SMILES string of the molecule is COC1CC(N=NC2CCC(SOOO)CC2)C(C)CC1N=NC1CC(OC)C(N=NC2C(SOOO)CC3CC(NC(=O)C4CCCCC4)CCC3C2O)CC1C. The van der Waals surface area contributed by atoms with Gasteiger partial charge >= 0.3 is 0 Å². The molecule has 6 saturated carbocycles. The van der Waals surface area contributed by atoms with E-state index in [1.54, 1.807) is 14.2 Å². The molecule has 6 fully saturated rings. The Hall–Kier alpha value is -1.39. The van der Waals surface area contributed by atoms with Gasteiger partial charge in [0, 0.05) is 68.4 Å². The first-order valence-electron chi connectivity index (χ1n) is 21.7. The molecule has 0 bridgehead atoms. The Labute approximate surface area is 351 Å². The number of nitrogens with zero attached hydrogens (tertiary/aromatic N) is 6. The van der Waals surface area contributed by atoms with Gasteiger partial charge in [0.1, 0.15) is 6.04 Å². The molecule has 6 rings (SSSR count). The summed E-state index contributed by atoms with van der Waals surface area (Å²) in [6.07, 6.45) is 14.0. The average Bonchev–Trinajstić information content (AvgIpc) is 3.24. The van der Waals surface area contributed by atoms with Crippen molar-refractivity contribution in [2.45, 2.75) is 194 Å². The summed E-state index contributed by atoms with van der Waals surface area (Å²) < 4.78 is 21.5. The fourth-order valence-corrected chi connectivity index (χ4v) is 12.0. The van der Waals surface area contributed by atoms with E-state index in [1.165, 1.54) is 6.42 Å². The van der Waals surface area contributed by atoms with Gasteiger partial charge < -0.3 is 19.9 Å². The van der Waals surface area contributed by atoms with Crippen molar-refractivity contribution in [1.29, 1.82) is 0 Å². The third kappa shape index (κ3) is 12.4. The highest BCUT2D eigenvalue weighted by Crippen LogP contribution is 2.46. The zero-order valence-corrected chi connectivity index (χ0v) is 36.2. The quantitative estimate of drug-likeness (QED) is 0.0500. The van der Waals surface area contributed by atoms with Crippen LogP contribution in [-0.2, 0) is 33.0 Å². The molecular weight excluding hydrogens is 791 g/mol. The monoisotopic (exact) mass is 857 g/mol. The van der Waals surface area contributed by atoms with Crippen LogP contribution in [0.4, 0.5) is 0 Å². The number of carbonyl (C=O) groups excluding carboxylic acids is 1. The van der Waals surface area contributed by atoms with E-state index in [9.17, 15) is 9.90 Å². The lowest BCUT2D eigenvalue weighted by Gasteiger charge is -2.46. The van der Waals surface area contributed by atoms with Crippen LogP contribution < -0.4 is 5.32 Å². The highest BCUT2D eigenvalue weighted by Gasteiger charge is 2.48. The van der Waals surface area contributed by atoms with Gasteiger partial charge in [0.25, 0.3) is 0 Å². The summed E-state index contributed by atoms with van der Waals surface area (Å²) in [5.41, 5.74) is 0. The van der Waals surface area contributed by atoms with E-state index in [2.05, 4.69) is 33.6 Å². The highest BCUT2D eigenvalue weighted by molar-refractivity contribution is 7.95. The fourth-order valence-electron chi connectivity index (χ4n) is 10.6. The van der Waals surface area contributed by atoms with Crippen LogP contribution in [0.5, 0.6) is 0 Å². The van der Waals surface area contributed by atoms with Crippen LogP contribution in [0.3, 0.4) is 0 Å². The van der Waals surface area contributed by atoms with Gasteiger partial charge in [-0.1, -0.05) is 43.2 Å². The van der Waals surface area contributed by atoms with Crippen LogP contribution in [-0.4, -0.2) is 107 Å². The van der Waals surface area contributed by atoms with Crippen molar-refractivity contribution in [2.24, 2.45) is 60.3 Å². The Bertz CT molecular complexity index is 1350. The van der Waals surface area contributed by atoms with Crippen LogP contribution in [0, 0.1) is 29.6 Å². The van der Waals surface area contributed by atoms with Gasteiger partial charge in [-0.15, -0.1) is 8.67 Å². The minimum absolute atomic E-state index is 0.0309. The standard InChI is InChI=1S/C39H67N7O10S2/c1-22-16-32(34(51-3)20-30(22)42-41-26-10-13-28(14-11-26)57-55-53-49)44-43-31-21-35(52-4)33(17-23(31)2)45-46-37-36(58-56-54-50)19-25-18-27(12-15-29(25)38(37)47)40-39(48)24-8-6-5-7-9-24/h22-38,47,49-50H,5-21H2,1-4H3,(H,40,48). The van der Waals surface area contributed by atoms with Crippen LogP contribution in [0.15, 0.2) is 30.7 Å². The second-order valence-corrected chi connectivity index (χ2v) is 19.8. The van der Waals surface area contributed by atoms with Crippen LogP contribution in [0.25, 0.3) is 0 Å². The van der Waals surface area contributed by atoms with Crippen LogP contribution in [0.1, 0.15) is 123 Å². The number of hydrogen-bond acceptors (Lipinski definition) is 18. The number of rotatable bonds is 16. The molecule has 0 aromatic rings. The first-order chi connectivity index (χ1) is 28.2. The van der Waals surface area contributed by atoms with Crippen molar-refractivity contribution in [3.05, 3.63) is 0 Å². The normalized spacial score (nSPS) is 41.9. The van der Waals surface area contributed by atoms with Gasteiger partial charge in [-0.2, -0.15) is 30.7 Å². The van der Waals surface area contributed by atoms with E-state index in [1.807, 2.05) is 0 Å². The molecule has 6 aliphatic rings. The second-order valence-electron chi connectivity index (χ2n) is 17.8. The van der Waals surface area contributed by atoms with Crippen molar-refractivity contribution in [3.63, 3.8) is 0 Å². The third-order valence-electron chi connectivity index (χ3n) is 14.2. The number of amides is 1. The van der Waals surface area contributed by atoms with Gasteiger partial charge in [0.05, 0.1) is 53.8 Å². The largest absolute Gasteiger partial charge is 0.390 e. The van der Waals surface area contributed by atoms with E-state index in [0.717, 1.165) is 108 Å². The van der Waals surface area contributed by atoms with E-state index in [4.69, 9.17) is 55.0 Å². The summed E-state index contributed by atoms with van der Waals surface area (Å²) in [4.78, 5) is 13.0. The number of aliphatic hydroxyl groups is 1. The van der Waals surface area contributed by atoms with Crippen LogP contribution in [0.2, 0.25) is 0 Å². The Morgan fingerprint density at radius 3 is 1.84 bits per heavy atom. The van der Waals surface area contributed by atoms with Gasteiger partial charge in [0.2, 0.25) is 5.91 Å². The molecule has 0 spiro atoms. The summed E-state index contributed by atoms with van der Waals surface area (Å²) in [6.45, 7) is 4.37. The first-order valence-corrected chi connectivity index (χ1v) is 23.3. The molecule has 14 atom stereocenters. The number of methoxy groups -OCH3 is 2. The number of aliphatic hydroxyl groups excluding tert-OH is 1. The molecule has 4 N–H and O–H groups in total. The summed E-state index contributed by atoms with van der Waals surface area (Å²) in [5.74, 6) is 0.952. The van der Waals surface area contributed by atoms with Crippen molar-refractivity contribution in [1.82, 2.24) is 5.32 Å². The maximum atomic E-state index is 13.0. The predicted molar refractivity (Wildman–Crippen MR) is 216 cm³/mol. The van der Waals surface area contributed by atoms with Gasteiger partial charge in [-0.05, 0) is 101 Å². The first kappa shape index (κ1) is 46.1. The molecule has 0 aliphatic heterocycles. The molecule has 330 valence electrons. The third-order valence-corrected chi connectivity index (χ3v) is 15.9. The topological polar surface area (TPSA) is 219 Å². The smallest absolute Gasteiger partial charge is 0.223 e.